The van der Waals surface area contributed by atoms with Crippen LogP contribution in [0.5, 0.6) is 0 Å². The maximum Gasteiger partial charge on any atom is 0.135 e. The van der Waals surface area contributed by atoms with E-state index in [1.807, 2.05) is 23.5 Å². The van der Waals surface area contributed by atoms with E-state index in [-0.39, 0.29) is 11.8 Å². The Labute approximate surface area is 319 Å². The molecule has 0 aliphatic rings. The Hall–Kier alpha value is -6.42. The van der Waals surface area contributed by atoms with Crippen molar-refractivity contribution < 1.29 is 4.42 Å². The van der Waals surface area contributed by atoms with E-state index in [1.54, 1.807) is 0 Å². The zero-order chi connectivity index (χ0) is 36.0. The molecule has 2 atom stereocenters. The number of benzene rings is 8. The summed E-state index contributed by atoms with van der Waals surface area (Å²) in [6, 6.07) is 70.3. The van der Waals surface area contributed by atoms with Crippen LogP contribution in [0.15, 0.2) is 199 Å². The number of nitrogens with zero attached hydrogens (tertiary/aromatic N) is 1. The van der Waals surface area contributed by atoms with E-state index in [0.29, 0.717) is 0 Å². The lowest BCUT2D eigenvalue weighted by atomic mass is 9.77. The molecular weight excluding hydrogens is 675 g/mol. The molecular formula is C51H37NOS. The molecule has 258 valence electrons. The van der Waals surface area contributed by atoms with Gasteiger partial charge in [0.15, 0.2) is 0 Å². The van der Waals surface area contributed by atoms with Crippen molar-refractivity contribution in [2.75, 3.05) is 4.90 Å². The normalized spacial score (nSPS) is 12.8. The van der Waals surface area contributed by atoms with Gasteiger partial charge in [0.05, 0.1) is 0 Å². The standard InChI is InChI=1S/C51H37NOS/c1-34(35-14-5-2-6-15-35)50(38-18-9-4-10-19-38)43-21-13-23-49-51(43)45-33-41(29-31-48(45)54-49)52(39-26-24-37(25-27-39)36-16-7-3-8-17-36)40-28-30-47-44(32-40)42-20-11-12-22-46(42)53-47/h2-34,50H,1H3/t34-,50-/m0/s1. The Morgan fingerprint density at radius 1 is 0.444 bits per heavy atom. The summed E-state index contributed by atoms with van der Waals surface area (Å²) >= 11 is 1.88. The van der Waals surface area contributed by atoms with Crippen LogP contribution in [0, 0.1) is 0 Å². The quantitative estimate of drug-likeness (QED) is 0.156. The minimum absolute atomic E-state index is 0.178. The van der Waals surface area contributed by atoms with Gasteiger partial charge < -0.3 is 9.32 Å². The maximum absolute atomic E-state index is 6.26. The lowest BCUT2D eigenvalue weighted by Gasteiger charge is -2.27. The second-order valence-corrected chi connectivity index (χ2v) is 15.2. The van der Waals surface area contributed by atoms with E-state index in [9.17, 15) is 0 Å². The van der Waals surface area contributed by atoms with Crippen molar-refractivity contribution in [3.05, 3.63) is 211 Å². The monoisotopic (exact) mass is 711 g/mol. The molecule has 10 rings (SSSR count). The fourth-order valence-electron chi connectivity index (χ4n) is 8.32. The average Bonchev–Trinajstić information content (AvgIpc) is 3.81. The Kier molecular flexibility index (Phi) is 8.08. The first-order valence-electron chi connectivity index (χ1n) is 18.6. The lowest BCUT2D eigenvalue weighted by molar-refractivity contribution is 0.662. The lowest BCUT2D eigenvalue weighted by Crippen LogP contribution is -2.11. The minimum atomic E-state index is 0.178. The molecule has 2 nitrogen and oxygen atoms in total. The van der Waals surface area contributed by atoms with Crippen molar-refractivity contribution >= 4 is 70.5 Å². The van der Waals surface area contributed by atoms with Gasteiger partial charge >= 0.3 is 0 Å². The number of para-hydroxylation sites is 1. The highest BCUT2D eigenvalue weighted by Crippen LogP contribution is 2.47. The van der Waals surface area contributed by atoms with Crippen molar-refractivity contribution in [2.24, 2.45) is 0 Å². The Morgan fingerprint density at radius 3 is 1.80 bits per heavy atom. The number of rotatable bonds is 8. The summed E-state index contributed by atoms with van der Waals surface area (Å²) in [6.45, 7) is 2.38. The largest absolute Gasteiger partial charge is 0.456 e. The number of fused-ring (bicyclic) bond motifs is 6. The number of hydrogen-bond acceptors (Lipinski definition) is 3. The molecule has 0 aliphatic carbocycles. The SMILES string of the molecule is C[C@@H](c1ccccc1)[C@@H](c1ccccc1)c1cccc2sc3ccc(N(c4ccc(-c5ccccc5)cc4)c4ccc5oc6ccccc6c5c4)cc3c12. The summed E-state index contributed by atoms with van der Waals surface area (Å²) in [7, 11) is 0. The van der Waals surface area contributed by atoms with E-state index >= 15 is 0 Å². The van der Waals surface area contributed by atoms with Gasteiger partial charge in [-0.05, 0) is 94.4 Å². The zero-order valence-electron chi connectivity index (χ0n) is 29.9. The highest BCUT2D eigenvalue weighted by atomic mass is 32.1. The number of anilines is 3. The van der Waals surface area contributed by atoms with Crippen LogP contribution in [0.2, 0.25) is 0 Å². The van der Waals surface area contributed by atoms with E-state index < -0.39 is 0 Å². The van der Waals surface area contributed by atoms with Gasteiger partial charge in [-0.1, -0.05) is 140 Å². The Morgan fingerprint density at radius 2 is 1.04 bits per heavy atom. The van der Waals surface area contributed by atoms with E-state index in [2.05, 4.69) is 194 Å². The summed E-state index contributed by atoms with van der Waals surface area (Å²) in [5.41, 5.74) is 11.5. The predicted octanol–water partition coefficient (Wildman–Crippen LogP) is 15.0. The average molecular weight is 712 g/mol. The highest BCUT2D eigenvalue weighted by molar-refractivity contribution is 7.25. The van der Waals surface area contributed by atoms with Crippen molar-refractivity contribution in [1.82, 2.24) is 0 Å². The molecule has 0 amide bonds. The molecule has 0 saturated carbocycles. The van der Waals surface area contributed by atoms with E-state index in [0.717, 1.165) is 39.0 Å². The van der Waals surface area contributed by atoms with Gasteiger partial charge in [-0.25, -0.2) is 0 Å². The molecule has 0 aliphatic heterocycles. The van der Waals surface area contributed by atoms with Crippen LogP contribution in [-0.4, -0.2) is 0 Å². The number of furan rings is 1. The molecule has 0 bridgehead atoms. The molecule has 2 aromatic heterocycles. The third kappa shape index (κ3) is 5.65. The fraction of sp³-hybridized carbons (Fsp3) is 0.0588. The van der Waals surface area contributed by atoms with Crippen LogP contribution in [-0.2, 0) is 0 Å². The molecule has 0 N–H and O–H groups in total. The molecule has 0 saturated heterocycles. The Balaban J connectivity index is 1.17. The molecule has 0 unspecified atom stereocenters. The van der Waals surface area contributed by atoms with E-state index in [1.165, 1.54) is 48.0 Å². The first-order chi connectivity index (χ1) is 26.7. The van der Waals surface area contributed by atoms with Gasteiger partial charge in [-0.2, -0.15) is 0 Å². The molecule has 2 heterocycles. The second-order valence-electron chi connectivity index (χ2n) is 14.1. The minimum Gasteiger partial charge on any atom is -0.456 e. The van der Waals surface area contributed by atoms with Crippen LogP contribution in [0.1, 0.15) is 35.4 Å². The van der Waals surface area contributed by atoms with Crippen LogP contribution in [0.25, 0.3) is 53.2 Å². The maximum atomic E-state index is 6.26. The van der Waals surface area contributed by atoms with Gasteiger partial charge in [0, 0.05) is 53.9 Å². The topological polar surface area (TPSA) is 16.4 Å². The van der Waals surface area contributed by atoms with Crippen molar-refractivity contribution in [3.63, 3.8) is 0 Å². The van der Waals surface area contributed by atoms with Crippen molar-refractivity contribution in [3.8, 4) is 11.1 Å². The molecule has 3 heteroatoms. The molecule has 8 aromatic carbocycles. The van der Waals surface area contributed by atoms with Gasteiger partial charge in [-0.3, -0.25) is 0 Å². The number of hydrogen-bond donors (Lipinski definition) is 0. The summed E-state index contributed by atoms with van der Waals surface area (Å²) in [6.07, 6.45) is 0. The smallest absolute Gasteiger partial charge is 0.135 e. The zero-order valence-corrected chi connectivity index (χ0v) is 30.7. The third-order valence-corrected chi connectivity index (χ3v) is 12.1. The molecule has 0 spiro atoms. The van der Waals surface area contributed by atoms with Crippen LogP contribution < -0.4 is 4.90 Å². The second kappa shape index (κ2) is 13.5. The Bertz CT molecular complexity index is 2890. The first kappa shape index (κ1) is 32.2. The third-order valence-electron chi connectivity index (χ3n) is 10.9. The molecule has 10 aromatic rings. The molecule has 0 fully saturated rings. The van der Waals surface area contributed by atoms with Crippen LogP contribution >= 0.6 is 11.3 Å². The van der Waals surface area contributed by atoms with Crippen molar-refractivity contribution in [2.45, 2.75) is 18.8 Å². The van der Waals surface area contributed by atoms with Crippen LogP contribution in [0.3, 0.4) is 0 Å². The summed E-state index contributed by atoms with van der Waals surface area (Å²) in [4.78, 5) is 2.39. The van der Waals surface area contributed by atoms with Gasteiger partial charge in [0.2, 0.25) is 0 Å². The van der Waals surface area contributed by atoms with Crippen molar-refractivity contribution in [1.29, 1.82) is 0 Å². The van der Waals surface area contributed by atoms with E-state index in [4.69, 9.17) is 4.42 Å². The van der Waals surface area contributed by atoms with Gasteiger partial charge in [0.25, 0.3) is 0 Å². The molecule has 0 radical (unpaired) electrons. The van der Waals surface area contributed by atoms with Gasteiger partial charge in [-0.15, -0.1) is 11.3 Å². The fourth-order valence-corrected chi connectivity index (χ4v) is 9.44. The summed E-state index contributed by atoms with van der Waals surface area (Å²) in [5, 5.41) is 4.85. The van der Waals surface area contributed by atoms with Gasteiger partial charge in [0.1, 0.15) is 11.2 Å². The summed E-state index contributed by atoms with van der Waals surface area (Å²) in [5.74, 6) is 0.450. The predicted molar refractivity (Wildman–Crippen MR) is 230 cm³/mol. The number of thiophene rings is 1. The van der Waals surface area contributed by atoms with Crippen LogP contribution in [0.4, 0.5) is 17.1 Å². The molecule has 54 heavy (non-hydrogen) atoms. The first-order valence-corrected chi connectivity index (χ1v) is 19.4. The highest BCUT2D eigenvalue weighted by Gasteiger charge is 2.26. The summed E-state index contributed by atoms with van der Waals surface area (Å²) < 4.78 is 8.86.